The lowest BCUT2D eigenvalue weighted by molar-refractivity contribution is 0.203. The van der Waals surface area contributed by atoms with Gasteiger partial charge in [-0.2, -0.15) is 0 Å². The highest BCUT2D eigenvalue weighted by atomic mass is 15.2. The lowest BCUT2D eigenvalue weighted by Gasteiger charge is -2.28. The second kappa shape index (κ2) is 7.73. The maximum Gasteiger partial charge on any atom is 0.191 e. The van der Waals surface area contributed by atoms with Gasteiger partial charge in [0.2, 0.25) is 0 Å². The Morgan fingerprint density at radius 2 is 2.00 bits per heavy atom. The summed E-state index contributed by atoms with van der Waals surface area (Å²) in [6.45, 7) is 10.1. The van der Waals surface area contributed by atoms with Crippen molar-refractivity contribution in [1.82, 2.24) is 15.5 Å². The molecule has 0 aromatic carbocycles. The Kier molecular flexibility index (Phi) is 5.95. The molecule has 0 radical (unpaired) electrons. The number of hydrogen-bond donors (Lipinski definition) is 2. The first-order chi connectivity index (χ1) is 9.28. The molecule has 1 saturated heterocycles. The van der Waals surface area contributed by atoms with Crippen molar-refractivity contribution in [3.05, 3.63) is 0 Å². The third-order valence-corrected chi connectivity index (χ3v) is 3.84. The number of likely N-dealkylation sites (tertiary alicyclic amines) is 1. The molecule has 1 unspecified atom stereocenters. The molecule has 1 aliphatic carbocycles. The Labute approximate surface area is 118 Å². The molecule has 0 spiro atoms. The quantitative estimate of drug-likeness (QED) is 0.569. The average Bonchev–Trinajstić information content (AvgIpc) is 3.21. The van der Waals surface area contributed by atoms with E-state index in [-0.39, 0.29) is 0 Å². The molecule has 2 N–H and O–H groups in total. The Morgan fingerprint density at radius 3 is 2.63 bits per heavy atom. The zero-order valence-corrected chi connectivity index (χ0v) is 12.6. The summed E-state index contributed by atoms with van der Waals surface area (Å²) >= 11 is 0. The van der Waals surface area contributed by atoms with Crippen LogP contribution in [0.1, 0.15) is 46.0 Å². The Bertz CT molecular complexity index is 280. The molecule has 4 heteroatoms. The van der Waals surface area contributed by atoms with Crippen LogP contribution in [0.4, 0.5) is 0 Å². The van der Waals surface area contributed by atoms with Gasteiger partial charge in [-0.25, -0.2) is 0 Å². The molecule has 0 aromatic heterocycles. The summed E-state index contributed by atoms with van der Waals surface area (Å²) in [7, 11) is 0. The van der Waals surface area contributed by atoms with E-state index in [1.165, 1.54) is 51.7 Å². The third-order valence-electron chi connectivity index (χ3n) is 3.84. The number of nitrogens with one attached hydrogen (secondary N) is 2. The summed E-state index contributed by atoms with van der Waals surface area (Å²) < 4.78 is 0. The number of hydrogen-bond acceptors (Lipinski definition) is 2. The summed E-state index contributed by atoms with van der Waals surface area (Å²) in [4.78, 5) is 7.33. The first kappa shape index (κ1) is 14.6. The second-order valence-electron chi connectivity index (χ2n) is 6.10. The van der Waals surface area contributed by atoms with Gasteiger partial charge in [-0.05, 0) is 51.6 Å². The van der Waals surface area contributed by atoms with Crippen LogP contribution < -0.4 is 10.6 Å². The van der Waals surface area contributed by atoms with E-state index in [1.807, 2.05) is 0 Å². The predicted octanol–water partition coefficient (Wildman–Crippen LogP) is 1.83. The van der Waals surface area contributed by atoms with Gasteiger partial charge in [0.05, 0.1) is 0 Å². The van der Waals surface area contributed by atoms with Crippen molar-refractivity contribution < 1.29 is 0 Å². The molecule has 4 nitrogen and oxygen atoms in total. The van der Waals surface area contributed by atoms with Crippen molar-refractivity contribution in [1.29, 1.82) is 0 Å². The number of rotatable bonds is 6. The van der Waals surface area contributed by atoms with Crippen LogP contribution in [0, 0.1) is 5.92 Å². The summed E-state index contributed by atoms with van der Waals surface area (Å²) in [5.41, 5.74) is 0. The zero-order valence-electron chi connectivity index (χ0n) is 12.6. The molecule has 1 heterocycles. The highest BCUT2D eigenvalue weighted by Crippen LogP contribution is 2.18. The zero-order chi connectivity index (χ0) is 13.5. The molecule has 1 atom stereocenters. The van der Waals surface area contributed by atoms with Crippen LogP contribution in [0.2, 0.25) is 0 Å². The molecule has 110 valence electrons. The van der Waals surface area contributed by atoms with Gasteiger partial charge in [0.25, 0.3) is 0 Å². The minimum Gasteiger partial charge on any atom is -0.357 e. The minimum absolute atomic E-state index is 0.646. The molecule has 19 heavy (non-hydrogen) atoms. The monoisotopic (exact) mass is 266 g/mol. The lowest BCUT2D eigenvalue weighted by atomic mass is 10.1. The number of guanidine groups is 1. The predicted molar refractivity (Wildman–Crippen MR) is 81.6 cm³/mol. The highest BCUT2D eigenvalue weighted by Gasteiger charge is 2.22. The Hall–Kier alpha value is -0.770. The standard InChI is InChI=1S/C15H30N4/c1-3-16-15(18-14-7-8-14)17-11-13(2)12-19-9-5-4-6-10-19/h13-14H,3-12H2,1-2H3,(H2,16,17,18). The largest absolute Gasteiger partial charge is 0.357 e. The van der Waals surface area contributed by atoms with Crippen molar-refractivity contribution in [3.8, 4) is 0 Å². The molecule has 1 aliphatic heterocycles. The third kappa shape index (κ3) is 5.81. The molecule has 0 amide bonds. The topological polar surface area (TPSA) is 39.7 Å². The Balaban J connectivity index is 1.70. The van der Waals surface area contributed by atoms with E-state index < -0.39 is 0 Å². The van der Waals surface area contributed by atoms with Crippen LogP contribution in [-0.2, 0) is 0 Å². The van der Waals surface area contributed by atoms with Gasteiger partial charge in [-0.3, -0.25) is 4.99 Å². The molecule has 2 rings (SSSR count). The van der Waals surface area contributed by atoms with Crippen LogP contribution in [-0.4, -0.2) is 49.6 Å². The van der Waals surface area contributed by atoms with E-state index in [0.29, 0.717) is 12.0 Å². The van der Waals surface area contributed by atoms with Crippen LogP contribution in [0.25, 0.3) is 0 Å². The fourth-order valence-electron chi connectivity index (χ4n) is 2.63. The summed E-state index contributed by atoms with van der Waals surface area (Å²) in [5, 5.41) is 6.81. The van der Waals surface area contributed by atoms with Gasteiger partial charge >= 0.3 is 0 Å². The van der Waals surface area contributed by atoms with Gasteiger partial charge in [0.1, 0.15) is 0 Å². The van der Waals surface area contributed by atoms with Gasteiger partial charge < -0.3 is 15.5 Å². The van der Waals surface area contributed by atoms with Crippen LogP contribution in [0.5, 0.6) is 0 Å². The maximum atomic E-state index is 4.73. The fraction of sp³-hybridized carbons (Fsp3) is 0.933. The summed E-state index contributed by atoms with van der Waals surface area (Å²) in [5.74, 6) is 1.66. The second-order valence-corrected chi connectivity index (χ2v) is 6.10. The highest BCUT2D eigenvalue weighted by molar-refractivity contribution is 5.80. The molecule has 0 aromatic rings. The van der Waals surface area contributed by atoms with E-state index in [9.17, 15) is 0 Å². The molecule has 2 aliphatic rings. The van der Waals surface area contributed by atoms with Crippen LogP contribution >= 0.6 is 0 Å². The van der Waals surface area contributed by atoms with Crippen molar-refractivity contribution >= 4 is 5.96 Å². The molecular weight excluding hydrogens is 236 g/mol. The van der Waals surface area contributed by atoms with Crippen molar-refractivity contribution in [2.75, 3.05) is 32.7 Å². The maximum absolute atomic E-state index is 4.73. The van der Waals surface area contributed by atoms with Crippen LogP contribution in [0.15, 0.2) is 4.99 Å². The summed E-state index contributed by atoms with van der Waals surface area (Å²) in [6, 6.07) is 0.676. The summed E-state index contributed by atoms with van der Waals surface area (Å²) in [6.07, 6.45) is 6.77. The van der Waals surface area contributed by atoms with Gasteiger partial charge in [0.15, 0.2) is 5.96 Å². The first-order valence-corrected chi connectivity index (χ1v) is 8.05. The van der Waals surface area contributed by atoms with Crippen molar-refractivity contribution in [3.63, 3.8) is 0 Å². The fourth-order valence-corrected chi connectivity index (χ4v) is 2.63. The van der Waals surface area contributed by atoms with Crippen molar-refractivity contribution in [2.24, 2.45) is 10.9 Å². The SMILES string of the molecule is CCNC(=NCC(C)CN1CCCCC1)NC1CC1. The van der Waals surface area contributed by atoms with Crippen LogP contribution in [0.3, 0.4) is 0 Å². The van der Waals surface area contributed by atoms with Gasteiger partial charge in [-0.1, -0.05) is 13.3 Å². The molecule has 1 saturated carbocycles. The van der Waals surface area contributed by atoms with E-state index in [0.717, 1.165) is 19.0 Å². The number of piperidine rings is 1. The molecule has 0 bridgehead atoms. The van der Waals surface area contributed by atoms with Gasteiger partial charge in [0, 0.05) is 25.7 Å². The first-order valence-electron chi connectivity index (χ1n) is 8.05. The van der Waals surface area contributed by atoms with E-state index >= 15 is 0 Å². The number of nitrogens with zero attached hydrogens (tertiary/aromatic N) is 2. The lowest BCUT2D eigenvalue weighted by Crippen LogP contribution is -2.39. The smallest absolute Gasteiger partial charge is 0.191 e. The van der Waals surface area contributed by atoms with Gasteiger partial charge in [-0.15, -0.1) is 0 Å². The normalized spacial score (nSPS) is 23.2. The molecule has 2 fully saturated rings. The van der Waals surface area contributed by atoms with E-state index in [2.05, 4.69) is 29.4 Å². The molecular formula is C15H30N4. The van der Waals surface area contributed by atoms with E-state index in [4.69, 9.17) is 4.99 Å². The number of aliphatic imine (C=N–C) groups is 1. The van der Waals surface area contributed by atoms with Crippen molar-refractivity contribution in [2.45, 2.75) is 52.0 Å². The Morgan fingerprint density at radius 1 is 1.26 bits per heavy atom. The average molecular weight is 266 g/mol. The minimum atomic E-state index is 0.646. The van der Waals surface area contributed by atoms with E-state index in [1.54, 1.807) is 0 Å².